The molecule has 0 unspecified atom stereocenters. The van der Waals surface area contributed by atoms with Gasteiger partial charge in [0.15, 0.2) is 0 Å². The second-order valence-electron chi connectivity index (χ2n) is 3.12. The molecule has 0 N–H and O–H groups in total. The van der Waals surface area contributed by atoms with Gasteiger partial charge in [-0.1, -0.05) is 0 Å². The Bertz CT molecular complexity index is 600. The number of benzene rings is 1. The number of aromatic nitrogens is 2. The molecule has 0 saturated carbocycles. The number of nitro benzene ring substituents is 1. The van der Waals surface area contributed by atoms with Crippen molar-refractivity contribution >= 4 is 28.3 Å². The Balaban J connectivity index is 2.71. The van der Waals surface area contributed by atoms with Gasteiger partial charge in [-0.3, -0.25) is 10.1 Å². The average molecular weight is 351 g/mol. The first-order valence-corrected chi connectivity index (χ1v) is 5.41. The van der Waals surface area contributed by atoms with E-state index >= 15 is 0 Å². The Morgan fingerprint density at radius 1 is 1.41 bits per heavy atom. The summed E-state index contributed by atoms with van der Waals surface area (Å²) in [6, 6.07) is 1.33. The smallest absolute Gasteiger partial charge is 0.258 e. The van der Waals surface area contributed by atoms with Crippen molar-refractivity contribution < 1.29 is 13.7 Å². The Kier molecular flexibility index (Phi) is 3.05. The van der Waals surface area contributed by atoms with Crippen LogP contribution in [0.4, 0.5) is 14.5 Å². The van der Waals surface area contributed by atoms with E-state index in [0.717, 1.165) is 10.7 Å². The fourth-order valence-electron chi connectivity index (χ4n) is 1.34. The molecule has 0 saturated heterocycles. The fourth-order valence-corrected chi connectivity index (χ4v) is 1.73. The van der Waals surface area contributed by atoms with Gasteiger partial charge in [0, 0.05) is 18.3 Å². The lowest BCUT2D eigenvalue weighted by Gasteiger charge is -2.03. The highest BCUT2D eigenvalue weighted by molar-refractivity contribution is 14.1. The molecule has 0 aliphatic heterocycles. The normalized spacial score (nSPS) is 10.5. The molecule has 0 aliphatic rings. The van der Waals surface area contributed by atoms with Crippen LogP contribution in [0.1, 0.15) is 0 Å². The number of halogens is 3. The van der Waals surface area contributed by atoms with E-state index in [-0.39, 0.29) is 5.69 Å². The number of nitrogens with zero attached hydrogens (tertiary/aromatic N) is 3. The van der Waals surface area contributed by atoms with Gasteiger partial charge in [0.2, 0.25) is 5.82 Å². The van der Waals surface area contributed by atoms with Crippen LogP contribution in [0.2, 0.25) is 0 Å². The third-order valence-corrected chi connectivity index (χ3v) is 2.55. The molecule has 88 valence electrons. The maximum absolute atomic E-state index is 13.3. The first-order valence-electron chi connectivity index (χ1n) is 4.33. The summed E-state index contributed by atoms with van der Waals surface area (Å²) in [7, 11) is 0. The van der Waals surface area contributed by atoms with Gasteiger partial charge in [-0.2, -0.15) is 9.49 Å². The van der Waals surface area contributed by atoms with Crippen LogP contribution < -0.4 is 0 Å². The number of hydrogen-bond acceptors (Lipinski definition) is 3. The summed E-state index contributed by atoms with van der Waals surface area (Å²) in [5.74, 6) is -2.12. The van der Waals surface area contributed by atoms with E-state index in [9.17, 15) is 18.9 Å². The summed E-state index contributed by atoms with van der Waals surface area (Å²) in [4.78, 5) is 9.83. The van der Waals surface area contributed by atoms with Gasteiger partial charge < -0.3 is 0 Å². The minimum atomic E-state index is -1.23. The molecule has 1 aromatic heterocycles. The number of hydrogen-bond donors (Lipinski definition) is 0. The van der Waals surface area contributed by atoms with Gasteiger partial charge in [0.1, 0.15) is 11.5 Å². The number of rotatable bonds is 2. The van der Waals surface area contributed by atoms with E-state index < -0.39 is 22.2 Å². The Labute approximate surface area is 107 Å². The molecular weight excluding hydrogens is 347 g/mol. The van der Waals surface area contributed by atoms with E-state index in [0.29, 0.717) is 9.64 Å². The van der Waals surface area contributed by atoms with Crippen LogP contribution in [0.25, 0.3) is 5.69 Å². The fraction of sp³-hybridized carbons (Fsp3) is 0. The molecule has 0 atom stereocenters. The van der Waals surface area contributed by atoms with Crippen molar-refractivity contribution in [3.8, 4) is 5.69 Å². The van der Waals surface area contributed by atoms with Crippen LogP contribution in [-0.2, 0) is 0 Å². The molecule has 0 radical (unpaired) electrons. The second kappa shape index (κ2) is 4.35. The van der Waals surface area contributed by atoms with Crippen molar-refractivity contribution in [1.82, 2.24) is 9.78 Å². The second-order valence-corrected chi connectivity index (χ2v) is 4.36. The predicted molar refractivity (Wildman–Crippen MR) is 62.9 cm³/mol. The largest absolute Gasteiger partial charge is 0.330 e. The van der Waals surface area contributed by atoms with Gasteiger partial charge in [-0.25, -0.2) is 9.07 Å². The summed E-state index contributed by atoms with van der Waals surface area (Å²) in [6.07, 6.45) is 2.86. The van der Waals surface area contributed by atoms with Crippen LogP contribution in [0.5, 0.6) is 0 Å². The van der Waals surface area contributed by atoms with Crippen LogP contribution in [0, 0.1) is 25.3 Å². The standard InChI is InChI=1S/C9H4F2IN3O2/c10-5-1-7(11)9(15(16)17)8(2-5)14-4-6(12)3-13-14/h1-4H. The number of nitro groups is 1. The minimum Gasteiger partial charge on any atom is -0.258 e. The van der Waals surface area contributed by atoms with Crippen molar-refractivity contribution in [2.45, 2.75) is 0 Å². The summed E-state index contributed by atoms with van der Waals surface area (Å²) < 4.78 is 28.1. The lowest BCUT2D eigenvalue weighted by Crippen LogP contribution is -2.04. The first-order chi connectivity index (χ1) is 7.99. The van der Waals surface area contributed by atoms with Crippen molar-refractivity contribution in [3.05, 3.63) is 49.8 Å². The third-order valence-electron chi connectivity index (χ3n) is 1.99. The topological polar surface area (TPSA) is 61.0 Å². The van der Waals surface area contributed by atoms with Crippen LogP contribution in [0.15, 0.2) is 24.5 Å². The van der Waals surface area contributed by atoms with Crippen molar-refractivity contribution in [1.29, 1.82) is 0 Å². The summed E-state index contributed by atoms with van der Waals surface area (Å²) in [6.45, 7) is 0. The predicted octanol–water partition coefficient (Wildman–Crippen LogP) is 2.66. The quantitative estimate of drug-likeness (QED) is 0.475. The monoisotopic (exact) mass is 351 g/mol. The Morgan fingerprint density at radius 3 is 2.65 bits per heavy atom. The summed E-state index contributed by atoms with van der Waals surface area (Å²) in [5.41, 5.74) is -1.04. The molecule has 0 fully saturated rings. The molecule has 0 aliphatic carbocycles. The molecule has 0 spiro atoms. The maximum Gasteiger partial charge on any atom is 0.330 e. The summed E-state index contributed by atoms with van der Waals surface area (Å²) >= 11 is 1.93. The molecule has 0 amide bonds. The maximum atomic E-state index is 13.3. The Hall–Kier alpha value is -1.58. The molecule has 2 aromatic rings. The van der Waals surface area contributed by atoms with Crippen molar-refractivity contribution in [3.63, 3.8) is 0 Å². The molecule has 17 heavy (non-hydrogen) atoms. The highest BCUT2D eigenvalue weighted by Gasteiger charge is 2.23. The van der Waals surface area contributed by atoms with Gasteiger partial charge in [-0.05, 0) is 22.6 Å². The van der Waals surface area contributed by atoms with E-state index in [1.165, 1.54) is 12.4 Å². The zero-order valence-electron chi connectivity index (χ0n) is 8.10. The SMILES string of the molecule is O=[N+]([O-])c1c(F)cc(F)cc1-n1cc(I)cn1. The zero-order chi connectivity index (χ0) is 12.6. The van der Waals surface area contributed by atoms with Crippen LogP contribution in [0.3, 0.4) is 0 Å². The zero-order valence-corrected chi connectivity index (χ0v) is 10.3. The first kappa shape index (κ1) is 11.9. The summed E-state index contributed by atoms with van der Waals surface area (Å²) in [5, 5.41) is 14.5. The minimum absolute atomic E-state index is 0.240. The molecule has 1 heterocycles. The molecular formula is C9H4F2IN3O2. The lowest BCUT2D eigenvalue weighted by atomic mass is 10.2. The molecule has 0 bridgehead atoms. The van der Waals surface area contributed by atoms with Gasteiger partial charge >= 0.3 is 5.69 Å². The molecule has 1 aromatic carbocycles. The molecule has 2 rings (SSSR count). The van der Waals surface area contributed by atoms with Gasteiger partial charge in [-0.15, -0.1) is 0 Å². The van der Waals surface area contributed by atoms with E-state index in [1.807, 2.05) is 22.6 Å². The van der Waals surface area contributed by atoms with E-state index in [4.69, 9.17) is 0 Å². The van der Waals surface area contributed by atoms with E-state index in [1.54, 1.807) is 0 Å². The van der Waals surface area contributed by atoms with E-state index in [2.05, 4.69) is 5.10 Å². The third kappa shape index (κ3) is 2.25. The highest BCUT2D eigenvalue weighted by Crippen LogP contribution is 2.27. The average Bonchev–Trinajstić information content (AvgIpc) is 2.62. The Morgan fingerprint density at radius 2 is 2.12 bits per heavy atom. The van der Waals surface area contributed by atoms with Crippen molar-refractivity contribution in [2.24, 2.45) is 0 Å². The lowest BCUT2D eigenvalue weighted by molar-refractivity contribution is -0.387. The van der Waals surface area contributed by atoms with Gasteiger partial charge in [0.05, 0.1) is 14.7 Å². The van der Waals surface area contributed by atoms with Crippen LogP contribution in [-0.4, -0.2) is 14.7 Å². The van der Waals surface area contributed by atoms with Crippen LogP contribution >= 0.6 is 22.6 Å². The molecule has 8 heteroatoms. The van der Waals surface area contributed by atoms with Gasteiger partial charge in [0.25, 0.3) is 0 Å². The highest BCUT2D eigenvalue weighted by atomic mass is 127. The van der Waals surface area contributed by atoms with Crippen molar-refractivity contribution in [2.75, 3.05) is 0 Å². The molecule has 5 nitrogen and oxygen atoms in total.